The van der Waals surface area contributed by atoms with Crippen LogP contribution in [0.5, 0.6) is 0 Å². The lowest BCUT2D eigenvalue weighted by molar-refractivity contribution is 0.332. The summed E-state index contributed by atoms with van der Waals surface area (Å²) < 4.78 is 27.3. The molecule has 110 valence electrons. The van der Waals surface area contributed by atoms with Crippen molar-refractivity contribution in [1.29, 1.82) is 0 Å². The van der Waals surface area contributed by atoms with Gasteiger partial charge in [0.15, 0.2) is 5.03 Å². The van der Waals surface area contributed by atoms with Crippen molar-refractivity contribution in [3.8, 4) is 0 Å². The van der Waals surface area contributed by atoms with Gasteiger partial charge in [-0.05, 0) is 38.0 Å². The van der Waals surface area contributed by atoms with Crippen molar-refractivity contribution in [2.75, 3.05) is 6.54 Å². The Kier molecular flexibility index (Phi) is 2.90. The van der Waals surface area contributed by atoms with E-state index in [-0.39, 0.29) is 6.04 Å². The van der Waals surface area contributed by atoms with E-state index in [9.17, 15) is 8.42 Å². The molecule has 2 heterocycles. The molecule has 2 saturated carbocycles. The third-order valence-electron chi connectivity index (χ3n) is 4.76. The Morgan fingerprint density at radius 3 is 2.85 bits per heavy atom. The van der Waals surface area contributed by atoms with Crippen molar-refractivity contribution in [1.82, 2.24) is 19.8 Å². The first kappa shape index (κ1) is 12.8. The highest BCUT2D eigenvalue weighted by Gasteiger charge is 2.45. The number of aromatic amines is 1. The molecule has 1 aromatic rings. The Balaban J connectivity index is 1.57. The fourth-order valence-electron chi connectivity index (χ4n) is 3.48. The minimum atomic E-state index is -3.41. The summed E-state index contributed by atoms with van der Waals surface area (Å²) in [6.07, 6.45) is 7.23. The minimum absolute atomic E-state index is 0.206. The van der Waals surface area contributed by atoms with Gasteiger partial charge in [-0.3, -0.25) is 5.10 Å². The number of piperidine rings is 1. The molecule has 0 aromatic carbocycles. The number of hydrogen-bond acceptors (Lipinski definition) is 4. The third kappa shape index (κ3) is 2.08. The van der Waals surface area contributed by atoms with Gasteiger partial charge in [0.1, 0.15) is 0 Å². The van der Waals surface area contributed by atoms with Crippen LogP contribution >= 0.6 is 0 Å². The number of fused-ring (bicyclic) bond motifs is 2. The summed E-state index contributed by atoms with van der Waals surface area (Å²) in [4.78, 5) is 0. The standard InChI is InChI=1S/C13H20N4O2S/c18-20(19,17-8-9-1-4-12(17)5-9)13-10(7-15-16-13)6-14-11-2-3-11/h7,9,11-12,14H,1-6,8H2,(H,15,16). The minimum Gasteiger partial charge on any atom is -0.310 e. The van der Waals surface area contributed by atoms with E-state index in [0.717, 1.165) is 18.4 Å². The zero-order chi connectivity index (χ0) is 13.7. The maximum atomic E-state index is 12.8. The molecule has 1 saturated heterocycles. The van der Waals surface area contributed by atoms with Crippen LogP contribution in [-0.4, -0.2) is 41.5 Å². The Labute approximate surface area is 119 Å². The van der Waals surface area contributed by atoms with Gasteiger partial charge in [0, 0.05) is 30.7 Å². The first-order valence-corrected chi connectivity index (χ1v) is 8.86. The normalized spacial score (nSPS) is 30.2. The average molecular weight is 296 g/mol. The molecular weight excluding hydrogens is 276 g/mol. The van der Waals surface area contributed by atoms with Gasteiger partial charge >= 0.3 is 0 Å². The highest BCUT2D eigenvalue weighted by Crippen LogP contribution is 2.40. The largest absolute Gasteiger partial charge is 0.310 e. The predicted octanol–water partition coefficient (Wildman–Crippen LogP) is 0.835. The molecule has 2 atom stereocenters. The molecule has 1 aromatic heterocycles. The molecular formula is C13H20N4O2S. The Morgan fingerprint density at radius 2 is 2.20 bits per heavy atom. The van der Waals surface area contributed by atoms with Crippen LogP contribution in [0.3, 0.4) is 0 Å². The second kappa shape index (κ2) is 4.54. The van der Waals surface area contributed by atoms with Gasteiger partial charge in [-0.2, -0.15) is 9.40 Å². The number of rotatable bonds is 5. The van der Waals surface area contributed by atoms with Crippen molar-refractivity contribution in [3.63, 3.8) is 0 Å². The molecule has 3 aliphatic rings. The van der Waals surface area contributed by atoms with E-state index in [4.69, 9.17) is 0 Å². The van der Waals surface area contributed by atoms with E-state index < -0.39 is 10.0 Å². The first-order valence-electron chi connectivity index (χ1n) is 7.42. The number of hydrogen-bond donors (Lipinski definition) is 2. The monoisotopic (exact) mass is 296 g/mol. The maximum absolute atomic E-state index is 12.8. The molecule has 20 heavy (non-hydrogen) atoms. The third-order valence-corrected chi connectivity index (χ3v) is 6.70. The van der Waals surface area contributed by atoms with Crippen molar-refractivity contribution < 1.29 is 8.42 Å². The lowest BCUT2D eigenvalue weighted by atomic mass is 10.1. The van der Waals surface area contributed by atoms with E-state index >= 15 is 0 Å². The zero-order valence-electron chi connectivity index (χ0n) is 11.4. The molecule has 1 aliphatic heterocycles. The van der Waals surface area contributed by atoms with Crippen molar-refractivity contribution in [2.45, 2.75) is 55.8 Å². The summed E-state index contributed by atoms with van der Waals surface area (Å²) in [6, 6.07) is 0.765. The van der Waals surface area contributed by atoms with Crippen molar-refractivity contribution >= 4 is 10.0 Å². The van der Waals surface area contributed by atoms with Crippen molar-refractivity contribution in [3.05, 3.63) is 11.8 Å². The fraction of sp³-hybridized carbons (Fsp3) is 0.769. The van der Waals surface area contributed by atoms with Gasteiger partial charge < -0.3 is 5.32 Å². The molecule has 2 aliphatic carbocycles. The molecule has 2 bridgehead atoms. The molecule has 6 nitrogen and oxygen atoms in total. The summed E-state index contributed by atoms with van der Waals surface area (Å²) >= 11 is 0. The summed E-state index contributed by atoms with van der Waals surface area (Å²) in [5.41, 5.74) is 0.764. The number of nitrogens with zero attached hydrogens (tertiary/aromatic N) is 2. The number of sulfonamides is 1. The average Bonchev–Trinajstić information content (AvgIpc) is 2.87. The summed E-state index contributed by atoms with van der Waals surface area (Å²) in [5, 5.41) is 10.3. The topological polar surface area (TPSA) is 78.1 Å². The highest BCUT2D eigenvalue weighted by atomic mass is 32.2. The van der Waals surface area contributed by atoms with Crippen LogP contribution in [0, 0.1) is 5.92 Å². The summed E-state index contributed by atoms with van der Waals surface area (Å²) in [7, 11) is -3.41. The molecule has 0 spiro atoms. The van der Waals surface area contributed by atoms with E-state index in [1.807, 2.05) is 0 Å². The van der Waals surface area contributed by atoms with Crippen LogP contribution in [0.4, 0.5) is 0 Å². The Bertz CT molecular complexity index is 608. The second-order valence-electron chi connectivity index (χ2n) is 6.29. The lowest BCUT2D eigenvalue weighted by Gasteiger charge is -2.25. The van der Waals surface area contributed by atoms with Gasteiger partial charge in [-0.1, -0.05) is 0 Å². The van der Waals surface area contributed by atoms with E-state index in [0.29, 0.717) is 30.1 Å². The van der Waals surface area contributed by atoms with Crippen LogP contribution in [0.1, 0.15) is 37.7 Å². The van der Waals surface area contributed by atoms with Crippen LogP contribution in [0.15, 0.2) is 11.2 Å². The highest BCUT2D eigenvalue weighted by molar-refractivity contribution is 7.89. The van der Waals surface area contributed by atoms with Gasteiger partial charge in [-0.25, -0.2) is 8.42 Å². The van der Waals surface area contributed by atoms with Crippen molar-refractivity contribution in [2.24, 2.45) is 5.92 Å². The van der Waals surface area contributed by atoms with Crippen LogP contribution in [0.25, 0.3) is 0 Å². The quantitative estimate of drug-likeness (QED) is 0.844. The van der Waals surface area contributed by atoms with Crippen LogP contribution < -0.4 is 5.32 Å². The molecule has 2 unspecified atom stereocenters. The predicted molar refractivity (Wildman–Crippen MR) is 73.5 cm³/mol. The van der Waals surface area contributed by atoms with Gasteiger partial charge in [0.2, 0.25) is 0 Å². The SMILES string of the molecule is O=S(=O)(c1[nH]ncc1CNC1CC1)N1CC2CCC1C2. The van der Waals surface area contributed by atoms with Gasteiger partial charge in [0.05, 0.1) is 6.20 Å². The van der Waals surface area contributed by atoms with E-state index in [1.165, 1.54) is 19.3 Å². The molecule has 7 heteroatoms. The van der Waals surface area contributed by atoms with E-state index in [2.05, 4.69) is 15.5 Å². The van der Waals surface area contributed by atoms with Gasteiger partial charge in [-0.15, -0.1) is 0 Å². The first-order chi connectivity index (χ1) is 9.64. The molecule has 0 amide bonds. The summed E-state index contributed by atoms with van der Waals surface area (Å²) in [5.74, 6) is 0.561. The smallest absolute Gasteiger partial charge is 0.260 e. The molecule has 2 N–H and O–H groups in total. The molecule has 4 rings (SSSR count). The maximum Gasteiger partial charge on any atom is 0.260 e. The molecule has 0 radical (unpaired) electrons. The molecule has 3 fully saturated rings. The zero-order valence-corrected chi connectivity index (χ0v) is 12.2. The summed E-state index contributed by atoms with van der Waals surface area (Å²) in [6.45, 7) is 1.26. The van der Waals surface area contributed by atoms with Gasteiger partial charge in [0.25, 0.3) is 10.0 Å². The number of nitrogens with one attached hydrogen (secondary N) is 2. The van der Waals surface area contributed by atoms with Crippen LogP contribution in [-0.2, 0) is 16.6 Å². The second-order valence-corrected chi connectivity index (χ2v) is 8.11. The Hall–Kier alpha value is -0.920. The number of aromatic nitrogens is 2. The number of H-pyrrole nitrogens is 1. The van der Waals surface area contributed by atoms with E-state index in [1.54, 1.807) is 10.5 Å². The fourth-order valence-corrected chi connectivity index (χ4v) is 5.33. The lowest BCUT2D eigenvalue weighted by Crippen LogP contribution is -2.38. The van der Waals surface area contributed by atoms with Crippen LogP contribution in [0.2, 0.25) is 0 Å². The Morgan fingerprint density at radius 1 is 1.35 bits per heavy atom.